The van der Waals surface area contributed by atoms with E-state index in [-0.39, 0.29) is 44.8 Å². The first-order chi connectivity index (χ1) is 24.2. The summed E-state index contributed by atoms with van der Waals surface area (Å²) >= 11 is 0. The molecule has 3 aliphatic rings. The van der Waals surface area contributed by atoms with Gasteiger partial charge in [0, 0.05) is 49.5 Å². The fraction of sp³-hybridized carbons (Fsp3) is 0.486. The van der Waals surface area contributed by atoms with Crippen LogP contribution in [0.3, 0.4) is 0 Å². The van der Waals surface area contributed by atoms with Crippen LogP contribution in [0.1, 0.15) is 56.2 Å². The van der Waals surface area contributed by atoms with Gasteiger partial charge in [0.05, 0.1) is 18.7 Å². The Morgan fingerprint density at radius 2 is 1.64 bits per heavy atom. The van der Waals surface area contributed by atoms with E-state index in [2.05, 4.69) is 25.8 Å². The Kier molecular flexibility index (Phi) is 11.1. The number of aromatic amines is 1. The lowest BCUT2D eigenvalue weighted by atomic mass is 10.0. The Labute approximate surface area is 291 Å². The molecule has 1 aromatic heterocycles. The number of rotatable bonds is 7. The number of fused-ring (bicyclic) bond motifs is 2. The molecule has 0 saturated carbocycles. The maximum absolute atomic E-state index is 14.3. The van der Waals surface area contributed by atoms with Gasteiger partial charge in [-0.15, -0.1) is 0 Å². The minimum Gasteiger partial charge on any atom is -0.391 e. The van der Waals surface area contributed by atoms with Gasteiger partial charge >= 0.3 is 0 Å². The second kappa shape index (κ2) is 15.9. The average molecular weight is 686 g/mol. The molecule has 266 valence electrons. The molecule has 3 aromatic rings. The number of aliphatic hydroxyl groups is 1. The van der Waals surface area contributed by atoms with Crippen LogP contribution in [0.4, 0.5) is 0 Å². The third-order valence-corrected chi connectivity index (χ3v) is 10.0. The number of hydrogen-bond donors (Lipinski definition) is 5. The first-order valence-electron chi connectivity index (χ1n) is 17.6. The number of amides is 5. The minimum absolute atomic E-state index is 0.00792. The Hall–Kier alpha value is -4.75. The normalized spacial score (nSPS) is 25.8. The van der Waals surface area contributed by atoms with Crippen LogP contribution >= 0.6 is 0 Å². The van der Waals surface area contributed by atoms with E-state index < -0.39 is 53.9 Å². The lowest BCUT2D eigenvalue weighted by molar-refractivity contribution is -0.142. The maximum Gasteiger partial charge on any atom is 0.246 e. The van der Waals surface area contributed by atoms with E-state index in [1.54, 1.807) is 13.1 Å². The SMILES string of the molecule is C[C@@H]1NC(=O)[C@@H]2C[C@@H](O)CN2C(=O)[C@@H](Cc2c[nH]c3ccccc23)NC(=O)CN(C(=O)CCCN2CCCC2)C[C@@H](c2ccccc2)NC1=O. The Balaban J connectivity index is 1.32. The standard InChI is InChI=1S/C37H47N7O6/c1-24-35(48)41-31(25-10-3-2-4-11-25)22-43(34(47)14-9-17-42-15-7-8-16-42)23-33(46)40-30(18-26-20-38-29-13-6-5-12-28(26)29)37(50)44-21-27(45)19-32(44)36(49)39-24/h2-6,10-13,20,24,27,30-32,38,45H,7-9,14-19,21-23H2,1H3,(H,39,49)(H,40,46)(H,41,48)/t24-,27+,30+,31-,32-/m0/s1. The van der Waals surface area contributed by atoms with Crippen LogP contribution in [0, 0.1) is 0 Å². The number of hydrogen-bond acceptors (Lipinski definition) is 7. The summed E-state index contributed by atoms with van der Waals surface area (Å²) in [4.78, 5) is 77.5. The van der Waals surface area contributed by atoms with Crippen molar-refractivity contribution >= 4 is 40.4 Å². The van der Waals surface area contributed by atoms with Crippen molar-refractivity contribution in [1.82, 2.24) is 35.6 Å². The van der Waals surface area contributed by atoms with Crippen LogP contribution < -0.4 is 16.0 Å². The molecule has 2 aromatic carbocycles. The maximum atomic E-state index is 14.3. The second-order valence-electron chi connectivity index (χ2n) is 13.7. The topological polar surface area (TPSA) is 167 Å². The van der Waals surface area contributed by atoms with Crippen molar-refractivity contribution in [2.24, 2.45) is 0 Å². The number of benzene rings is 2. The molecule has 50 heavy (non-hydrogen) atoms. The van der Waals surface area contributed by atoms with E-state index in [0.717, 1.165) is 54.5 Å². The van der Waals surface area contributed by atoms with Gasteiger partial charge in [-0.1, -0.05) is 48.5 Å². The Morgan fingerprint density at radius 1 is 0.900 bits per heavy atom. The van der Waals surface area contributed by atoms with Crippen LogP contribution in [0.2, 0.25) is 0 Å². The summed E-state index contributed by atoms with van der Waals surface area (Å²) < 4.78 is 0. The zero-order valence-corrected chi connectivity index (χ0v) is 28.5. The highest BCUT2D eigenvalue weighted by Crippen LogP contribution is 2.24. The van der Waals surface area contributed by atoms with Crippen molar-refractivity contribution in [3.8, 4) is 0 Å². The van der Waals surface area contributed by atoms with Crippen molar-refractivity contribution in [1.29, 1.82) is 0 Å². The van der Waals surface area contributed by atoms with Gasteiger partial charge in [-0.3, -0.25) is 24.0 Å². The van der Waals surface area contributed by atoms with Crippen LogP contribution in [0.15, 0.2) is 60.8 Å². The molecule has 0 unspecified atom stereocenters. The number of nitrogens with zero attached hydrogens (tertiary/aromatic N) is 3. The van der Waals surface area contributed by atoms with Gasteiger partial charge in [0.1, 0.15) is 18.1 Å². The van der Waals surface area contributed by atoms with Gasteiger partial charge in [0.15, 0.2) is 0 Å². The fourth-order valence-corrected chi connectivity index (χ4v) is 7.32. The van der Waals surface area contributed by atoms with Crippen LogP contribution in [-0.4, -0.2) is 118 Å². The van der Waals surface area contributed by atoms with Crippen LogP contribution in [-0.2, 0) is 30.4 Å². The van der Waals surface area contributed by atoms with Crippen LogP contribution in [0.25, 0.3) is 10.9 Å². The summed E-state index contributed by atoms with van der Waals surface area (Å²) in [5, 5.41) is 20.1. The molecule has 13 nitrogen and oxygen atoms in total. The van der Waals surface area contributed by atoms with E-state index in [9.17, 15) is 29.1 Å². The van der Waals surface area contributed by atoms with Gasteiger partial charge in [0.25, 0.3) is 0 Å². The van der Waals surface area contributed by atoms with E-state index in [1.807, 2.05) is 54.6 Å². The predicted molar refractivity (Wildman–Crippen MR) is 186 cm³/mol. The lowest BCUT2D eigenvalue weighted by Gasteiger charge is -2.30. The number of aromatic nitrogens is 1. The lowest BCUT2D eigenvalue weighted by Crippen LogP contribution is -2.56. The number of carbonyl (C=O) groups excluding carboxylic acids is 5. The van der Waals surface area contributed by atoms with Gasteiger partial charge in [-0.05, 0) is 63.0 Å². The first kappa shape index (κ1) is 35.1. The zero-order chi connectivity index (χ0) is 35.2. The molecule has 6 rings (SSSR count). The average Bonchev–Trinajstić information content (AvgIpc) is 3.87. The molecule has 0 bridgehead atoms. The number of nitrogens with one attached hydrogen (secondary N) is 4. The number of H-pyrrole nitrogens is 1. The van der Waals surface area contributed by atoms with Gasteiger partial charge in [-0.2, -0.15) is 0 Å². The molecule has 0 spiro atoms. The van der Waals surface area contributed by atoms with Crippen LogP contribution in [0.5, 0.6) is 0 Å². The summed E-state index contributed by atoms with van der Waals surface area (Å²) in [5.74, 6) is -2.36. The zero-order valence-electron chi connectivity index (χ0n) is 28.5. The highest BCUT2D eigenvalue weighted by molar-refractivity contribution is 5.96. The Bertz CT molecular complexity index is 1690. The largest absolute Gasteiger partial charge is 0.391 e. The number of likely N-dealkylation sites (tertiary alicyclic amines) is 1. The third-order valence-electron chi connectivity index (χ3n) is 10.0. The minimum atomic E-state index is -1.10. The smallest absolute Gasteiger partial charge is 0.246 e. The number of para-hydroxylation sites is 1. The molecule has 3 aliphatic heterocycles. The fourth-order valence-electron chi connectivity index (χ4n) is 7.32. The van der Waals surface area contributed by atoms with E-state index in [0.29, 0.717) is 6.42 Å². The van der Waals surface area contributed by atoms with Gasteiger partial charge in [0.2, 0.25) is 29.5 Å². The highest BCUT2D eigenvalue weighted by atomic mass is 16.3. The molecule has 3 saturated heterocycles. The highest BCUT2D eigenvalue weighted by Gasteiger charge is 2.42. The van der Waals surface area contributed by atoms with Crippen molar-refractivity contribution in [3.05, 3.63) is 71.9 Å². The summed E-state index contributed by atoms with van der Waals surface area (Å²) in [6.45, 7) is 3.93. The molecule has 0 aliphatic carbocycles. The molecular formula is C37H47N7O6. The van der Waals surface area contributed by atoms with Crippen molar-refractivity contribution in [2.75, 3.05) is 39.3 Å². The van der Waals surface area contributed by atoms with Crippen molar-refractivity contribution in [3.63, 3.8) is 0 Å². The van der Waals surface area contributed by atoms with Gasteiger partial charge in [-0.25, -0.2) is 0 Å². The second-order valence-corrected chi connectivity index (χ2v) is 13.7. The first-order valence-corrected chi connectivity index (χ1v) is 17.6. The molecule has 0 radical (unpaired) electrons. The van der Waals surface area contributed by atoms with E-state index in [1.165, 1.54) is 9.80 Å². The quantitative estimate of drug-likeness (QED) is 0.250. The molecule has 5 atom stereocenters. The molecular weight excluding hydrogens is 638 g/mol. The summed E-state index contributed by atoms with van der Waals surface area (Å²) in [7, 11) is 0. The Morgan fingerprint density at radius 3 is 2.42 bits per heavy atom. The predicted octanol–water partition coefficient (Wildman–Crippen LogP) is 1.24. The third kappa shape index (κ3) is 8.33. The van der Waals surface area contributed by atoms with Crippen molar-refractivity contribution < 1.29 is 29.1 Å². The summed E-state index contributed by atoms with van der Waals surface area (Å²) in [6, 6.07) is 13.0. The summed E-state index contributed by atoms with van der Waals surface area (Å²) in [5.41, 5.74) is 2.40. The van der Waals surface area contributed by atoms with E-state index in [4.69, 9.17) is 0 Å². The molecule has 5 N–H and O–H groups in total. The number of carbonyl (C=O) groups is 5. The molecule has 4 heterocycles. The van der Waals surface area contributed by atoms with Crippen molar-refractivity contribution in [2.45, 2.75) is 75.7 Å². The molecule has 3 fully saturated rings. The summed E-state index contributed by atoms with van der Waals surface area (Å²) in [6.07, 6.45) is 4.08. The monoisotopic (exact) mass is 685 g/mol. The molecule has 5 amide bonds. The van der Waals surface area contributed by atoms with Gasteiger partial charge < -0.3 is 40.7 Å². The van der Waals surface area contributed by atoms with E-state index >= 15 is 0 Å². The number of aliphatic hydroxyl groups excluding tert-OH is 1. The molecule has 13 heteroatoms.